The Hall–Kier alpha value is -1.95. The topological polar surface area (TPSA) is 85.2 Å². The fourth-order valence-electron chi connectivity index (χ4n) is 1.48. The van der Waals surface area contributed by atoms with E-state index in [0.717, 1.165) is 0 Å². The second-order valence-corrected chi connectivity index (χ2v) is 4.97. The zero-order valence-electron chi connectivity index (χ0n) is 12.1. The van der Waals surface area contributed by atoms with Crippen LogP contribution in [0.15, 0.2) is 12.1 Å². The first-order valence-corrected chi connectivity index (χ1v) is 6.07. The Balaban J connectivity index is 3.07. The van der Waals surface area contributed by atoms with E-state index >= 15 is 0 Å². The van der Waals surface area contributed by atoms with Crippen molar-refractivity contribution in [3.63, 3.8) is 0 Å². The molecule has 1 aromatic rings. The Morgan fingerprint density at radius 2 is 1.70 bits per heavy atom. The average molecular weight is 284 g/mol. The Morgan fingerprint density at radius 1 is 1.20 bits per heavy atom. The molecular weight excluding hydrogens is 264 g/mol. The molecule has 0 spiro atoms. The molecule has 0 fully saturated rings. The van der Waals surface area contributed by atoms with Gasteiger partial charge < -0.3 is 24.4 Å². The number of rotatable bonds is 7. The molecule has 0 aliphatic heterocycles. The van der Waals surface area contributed by atoms with E-state index in [2.05, 4.69) is 0 Å². The van der Waals surface area contributed by atoms with Crippen molar-refractivity contribution in [3.8, 4) is 17.2 Å². The first kappa shape index (κ1) is 16.1. The summed E-state index contributed by atoms with van der Waals surface area (Å²) in [6.45, 7) is 2.94. The van der Waals surface area contributed by atoms with Crippen LogP contribution in [0.3, 0.4) is 0 Å². The lowest BCUT2D eigenvalue weighted by atomic mass is 9.95. The molecule has 0 radical (unpaired) electrons. The van der Waals surface area contributed by atoms with Gasteiger partial charge in [0.1, 0.15) is 6.61 Å². The summed E-state index contributed by atoms with van der Waals surface area (Å²) in [4.78, 5) is 11.1. The zero-order valence-corrected chi connectivity index (χ0v) is 12.1. The molecular formula is C14H20O6. The molecule has 2 N–H and O–H groups in total. The molecule has 1 rings (SSSR count). The van der Waals surface area contributed by atoms with Crippen LogP contribution >= 0.6 is 0 Å². The van der Waals surface area contributed by atoms with Gasteiger partial charge in [0.25, 0.3) is 0 Å². The predicted octanol–water partition coefficient (Wildman–Crippen LogP) is 1.69. The van der Waals surface area contributed by atoms with Crippen molar-refractivity contribution in [3.05, 3.63) is 17.7 Å². The number of hydrogen-bond acceptors (Lipinski definition) is 5. The Kier molecular flexibility index (Phi) is 5.21. The lowest BCUT2D eigenvalue weighted by Gasteiger charge is -2.22. The van der Waals surface area contributed by atoms with Gasteiger partial charge in [0.2, 0.25) is 5.75 Å². The lowest BCUT2D eigenvalue weighted by Crippen LogP contribution is -2.30. The highest BCUT2D eigenvalue weighted by Gasteiger charge is 2.29. The van der Waals surface area contributed by atoms with E-state index < -0.39 is 11.4 Å². The highest BCUT2D eigenvalue weighted by Crippen LogP contribution is 2.39. The molecule has 0 aromatic heterocycles. The third kappa shape index (κ3) is 3.54. The van der Waals surface area contributed by atoms with Crippen molar-refractivity contribution in [2.45, 2.75) is 20.5 Å². The van der Waals surface area contributed by atoms with Crippen LogP contribution in [0, 0.1) is 5.41 Å². The van der Waals surface area contributed by atoms with Crippen LogP contribution in [-0.2, 0) is 11.4 Å². The van der Waals surface area contributed by atoms with Crippen molar-refractivity contribution in [1.29, 1.82) is 0 Å². The smallest absolute Gasteiger partial charge is 0.312 e. The molecule has 1 aromatic carbocycles. The second kappa shape index (κ2) is 6.47. The highest BCUT2D eigenvalue weighted by molar-refractivity contribution is 5.73. The second-order valence-electron chi connectivity index (χ2n) is 4.97. The summed E-state index contributed by atoms with van der Waals surface area (Å²) in [5, 5.41) is 18.2. The van der Waals surface area contributed by atoms with Crippen LogP contribution in [0.1, 0.15) is 19.4 Å². The minimum atomic E-state index is -1.04. The molecule has 0 aliphatic carbocycles. The van der Waals surface area contributed by atoms with Crippen LogP contribution in [0.25, 0.3) is 0 Å². The lowest BCUT2D eigenvalue weighted by molar-refractivity contribution is -0.148. The maximum Gasteiger partial charge on any atom is 0.312 e. The molecule has 6 heteroatoms. The largest absolute Gasteiger partial charge is 0.493 e. The third-order valence-corrected chi connectivity index (χ3v) is 2.86. The normalized spacial score (nSPS) is 11.1. The first-order valence-electron chi connectivity index (χ1n) is 6.07. The predicted molar refractivity (Wildman–Crippen MR) is 72.4 cm³/mol. The fraction of sp³-hybridized carbons (Fsp3) is 0.500. The van der Waals surface area contributed by atoms with Crippen molar-refractivity contribution in [1.82, 2.24) is 0 Å². The number of carboxylic acid groups (broad SMARTS) is 1. The van der Waals surface area contributed by atoms with Gasteiger partial charge in [-0.1, -0.05) is 0 Å². The monoisotopic (exact) mass is 284 g/mol. The van der Waals surface area contributed by atoms with Crippen molar-refractivity contribution >= 4 is 5.97 Å². The van der Waals surface area contributed by atoms with E-state index in [4.69, 9.17) is 19.3 Å². The van der Waals surface area contributed by atoms with Gasteiger partial charge in [-0.25, -0.2) is 0 Å². The van der Waals surface area contributed by atoms with Gasteiger partial charge in [-0.05, 0) is 31.5 Å². The van der Waals surface area contributed by atoms with Gasteiger partial charge in [-0.3, -0.25) is 4.79 Å². The summed E-state index contributed by atoms with van der Waals surface area (Å²) in [7, 11) is 2.93. The SMILES string of the molecule is COc1cc(CO)cc(OC)c1OCC(C)(C)C(=O)O. The van der Waals surface area contributed by atoms with Gasteiger partial charge in [0.05, 0.1) is 26.2 Å². The summed E-state index contributed by atoms with van der Waals surface area (Å²) in [5.41, 5.74) is -0.422. The van der Waals surface area contributed by atoms with Gasteiger partial charge in [0.15, 0.2) is 11.5 Å². The molecule has 0 bridgehead atoms. The van der Waals surface area contributed by atoms with Crippen LogP contribution in [0.5, 0.6) is 17.2 Å². The maximum atomic E-state index is 11.1. The van der Waals surface area contributed by atoms with Crippen molar-refractivity contribution in [2.75, 3.05) is 20.8 Å². The number of aliphatic carboxylic acids is 1. The Morgan fingerprint density at radius 3 is 2.05 bits per heavy atom. The standard InChI is InChI=1S/C14H20O6/c1-14(2,13(16)17)8-20-12-10(18-3)5-9(7-15)6-11(12)19-4/h5-6,15H,7-8H2,1-4H3,(H,16,17). The number of carboxylic acids is 1. The average Bonchev–Trinajstić information content (AvgIpc) is 2.43. The molecule has 20 heavy (non-hydrogen) atoms. The summed E-state index contributed by atoms with van der Waals surface area (Å²) in [5.74, 6) is 0.133. The summed E-state index contributed by atoms with van der Waals surface area (Å²) < 4.78 is 15.9. The van der Waals surface area contributed by atoms with E-state index in [1.54, 1.807) is 26.0 Å². The molecule has 0 saturated carbocycles. The van der Waals surface area contributed by atoms with Crippen LogP contribution in [0.2, 0.25) is 0 Å². The van der Waals surface area contributed by atoms with Gasteiger partial charge >= 0.3 is 5.97 Å². The van der Waals surface area contributed by atoms with E-state index in [0.29, 0.717) is 22.8 Å². The Labute approximate surface area is 117 Å². The first-order chi connectivity index (χ1) is 9.35. The van der Waals surface area contributed by atoms with Crippen LogP contribution in [0.4, 0.5) is 0 Å². The number of aliphatic hydroxyl groups is 1. The van der Waals surface area contributed by atoms with Gasteiger partial charge in [0, 0.05) is 0 Å². The Bertz CT molecular complexity index is 456. The number of methoxy groups -OCH3 is 2. The molecule has 0 aliphatic rings. The minimum absolute atomic E-state index is 0.0342. The van der Waals surface area contributed by atoms with E-state index in [1.165, 1.54) is 14.2 Å². The maximum absolute atomic E-state index is 11.1. The molecule has 0 atom stereocenters. The molecule has 6 nitrogen and oxygen atoms in total. The van der Waals surface area contributed by atoms with Crippen LogP contribution in [-0.4, -0.2) is 37.0 Å². The highest BCUT2D eigenvalue weighted by atomic mass is 16.5. The minimum Gasteiger partial charge on any atom is -0.493 e. The van der Waals surface area contributed by atoms with Gasteiger partial charge in [-0.2, -0.15) is 0 Å². The van der Waals surface area contributed by atoms with Crippen molar-refractivity contribution < 1.29 is 29.2 Å². The third-order valence-electron chi connectivity index (χ3n) is 2.86. The molecule has 112 valence electrons. The van der Waals surface area contributed by atoms with E-state index in [9.17, 15) is 9.90 Å². The quantitative estimate of drug-likeness (QED) is 0.792. The molecule has 0 heterocycles. The number of benzene rings is 1. The van der Waals surface area contributed by atoms with Crippen molar-refractivity contribution in [2.24, 2.45) is 5.41 Å². The number of carbonyl (C=O) groups is 1. The molecule has 0 unspecified atom stereocenters. The summed E-state index contributed by atoms with van der Waals surface area (Å²) in [6, 6.07) is 3.23. The molecule has 0 amide bonds. The van der Waals surface area contributed by atoms with Gasteiger partial charge in [-0.15, -0.1) is 0 Å². The summed E-state index contributed by atoms with van der Waals surface area (Å²) in [6.07, 6.45) is 0. The number of aliphatic hydroxyl groups excluding tert-OH is 1. The van der Waals surface area contributed by atoms with E-state index in [1.807, 2.05) is 0 Å². The number of hydrogen-bond donors (Lipinski definition) is 2. The zero-order chi connectivity index (χ0) is 15.3. The van der Waals surface area contributed by atoms with E-state index in [-0.39, 0.29) is 13.2 Å². The molecule has 0 saturated heterocycles. The van der Waals surface area contributed by atoms with Crippen LogP contribution < -0.4 is 14.2 Å². The summed E-state index contributed by atoms with van der Waals surface area (Å²) >= 11 is 0. The number of ether oxygens (including phenoxy) is 3. The fourth-order valence-corrected chi connectivity index (χ4v) is 1.48.